The Kier molecular flexibility index (Phi) is 8.14. The summed E-state index contributed by atoms with van der Waals surface area (Å²) in [5.74, 6) is 0.198. The first-order valence-corrected chi connectivity index (χ1v) is 14.0. The van der Waals surface area contributed by atoms with Gasteiger partial charge < -0.3 is 9.80 Å². The molecule has 0 spiro atoms. The fraction of sp³-hybridized carbons (Fsp3) is 0.500. The summed E-state index contributed by atoms with van der Waals surface area (Å²) in [5.41, 5.74) is 2.07. The molecule has 9 heteroatoms. The molecule has 2 aliphatic rings. The maximum atomic E-state index is 12.9. The summed E-state index contributed by atoms with van der Waals surface area (Å²) in [7, 11) is -1.28. The Balaban J connectivity index is 1.49. The van der Waals surface area contributed by atoms with Crippen molar-refractivity contribution in [1.29, 1.82) is 0 Å². The van der Waals surface area contributed by atoms with E-state index in [-0.39, 0.29) is 17.2 Å². The van der Waals surface area contributed by atoms with Gasteiger partial charge in [0.25, 0.3) is 0 Å². The van der Waals surface area contributed by atoms with Crippen molar-refractivity contribution in [2.75, 3.05) is 38.1 Å². The van der Waals surface area contributed by atoms with Crippen molar-refractivity contribution in [2.24, 2.45) is 5.92 Å². The Bertz CT molecular complexity index is 1060. The highest BCUT2D eigenvalue weighted by atomic mass is 35.5. The van der Waals surface area contributed by atoms with E-state index in [0.717, 1.165) is 43.7 Å². The van der Waals surface area contributed by atoms with Crippen LogP contribution in [0.15, 0.2) is 42.5 Å². The first-order valence-electron chi connectivity index (χ1n) is 11.4. The van der Waals surface area contributed by atoms with E-state index in [1.54, 1.807) is 6.07 Å². The zero-order valence-electron chi connectivity index (χ0n) is 18.7. The maximum absolute atomic E-state index is 12.9. The van der Waals surface area contributed by atoms with Gasteiger partial charge in [0, 0.05) is 33.8 Å². The van der Waals surface area contributed by atoms with Crippen molar-refractivity contribution in [3.05, 3.63) is 63.1 Å². The Labute approximate surface area is 212 Å². The number of halogens is 3. The number of sulfonamides is 1. The van der Waals surface area contributed by atoms with Crippen molar-refractivity contribution < 1.29 is 8.42 Å². The van der Waals surface area contributed by atoms with Gasteiger partial charge >= 0.3 is 0 Å². The first-order chi connectivity index (χ1) is 15.7. The summed E-state index contributed by atoms with van der Waals surface area (Å²) in [4.78, 5) is 4.49. The summed E-state index contributed by atoms with van der Waals surface area (Å²) in [6.45, 7) is 2.81. The number of nitrogens with zero attached hydrogens (tertiary/aromatic N) is 2. The van der Waals surface area contributed by atoms with E-state index in [1.807, 2.05) is 43.4 Å². The molecule has 2 atom stereocenters. The van der Waals surface area contributed by atoms with Gasteiger partial charge in [0.15, 0.2) is 0 Å². The van der Waals surface area contributed by atoms with Gasteiger partial charge in [-0.1, -0.05) is 40.9 Å². The molecule has 0 saturated carbocycles. The van der Waals surface area contributed by atoms with Crippen LogP contribution >= 0.6 is 34.8 Å². The number of rotatable bonds is 6. The van der Waals surface area contributed by atoms with E-state index in [1.165, 1.54) is 0 Å². The number of hydrogen-bond acceptors (Lipinski definition) is 4. The van der Waals surface area contributed by atoms with Crippen LogP contribution < -0.4 is 9.62 Å². The third-order valence-corrected chi connectivity index (χ3v) is 9.57. The molecular formula is C24H30Cl3N3O2S. The van der Waals surface area contributed by atoms with Crippen molar-refractivity contribution in [1.82, 2.24) is 9.62 Å². The number of likely N-dealkylation sites (tertiary alicyclic amines) is 1. The smallest absolute Gasteiger partial charge is 0.214 e. The first kappa shape index (κ1) is 25.1. The lowest BCUT2D eigenvalue weighted by molar-refractivity contribution is 0.276. The fourth-order valence-electron chi connectivity index (χ4n) is 4.87. The van der Waals surface area contributed by atoms with Gasteiger partial charge in [-0.2, -0.15) is 0 Å². The van der Waals surface area contributed by atoms with Gasteiger partial charge in [-0.05, 0) is 93.7 Å². The van der Waals surface area contributed by atoms with Crippen LogP contribution in [0.3, 0.4) is 0 Å². The minimum Gasteiger partial charge on any atom is -0.364 e. The highest BCUT2D eigenvalue weighted by molar-refractivity contribution is 7.90. The van der Waals surface area contributed by atoms with Crippen LogP contribution in [0.5, 0.6) is 0 Å². The van der Waals surface area contributed by atoms with E-state index in [0.29, 0.717) is 34.5 Å². The molecule has 0 aliphatic carbocycles. The molecule has 2 saturated heterocycles. The molecular weight excluding hydrogens is 501 g/mol. The lowest BCUT2D eigenvalue weighted by Gasteiger charge is -2.42. The maximum Gasteiger partial charge on any atom is 0.214 e. The van der Waals surface area contributed by atoms with E-state index in [4.69, 9.17) is 34.8 Å². The predicted molar refractivity (Wildman–Crippen MR) is 138 cm³/mol. The average molecular weight is 531 g/mol. The number of piperidine rings is 2. The molecule has 2 heterocycles. The molecule has 0 aromatic heterocycles. The van der Waals surface area contributed by atoms with Crippen molar-refractivity contribution in [3.8, 4) is 0 Å². The van der Waals surface area contributed by atoms with Crippen LogP contribution in [-0.4, -0.2) is 51.8 Å². The molecule has 0 amide bonds. The van der Waals surface area contributed by atoms with E-state index >= 15 is 0 Å². The van der Waals surface area contributed by atoms with Gasteiger partial charge in [-0.25, -0.2) is 13.1 Å². The van der Waals surface area contributed by atoms with E-state index in [2.05, 4.69) is 14.5 Å². The molecule has 2 aliphatic heterocycles. The van der Waals surface area contributed by atoms with Gasteiger partial charge in [-0.3, -0.25) is 0 Å². The van der Waals surface area contributed by atoms with Crippen LogP contribution in [0, 0.1) is 5.92 Å². The highest BCUT2D eigenvalue weighted by Gasteiger charge is 2.33. The summed E-state index contributed by atoms with van der Waals surface area (Å²) in [6, 6.07) is 13.5. The van der Waals surface area contributed by atoms with Crippen LogP contribution in [0.2, 0.25) is 15.1 Å². The zero-order chi connectivity index (χ0) is 23.6. The topological polar surface area (TPSA) is 52.7 Å². The number of hydrogen-bond donors (Lipinski definition) is 1. The molecule has 2 aromatic rings. The normalized spacial score (nSPS) is 23.1. The Morgan fingerprint density at radius 3 is 2.27 bits per heavy atom. The lowest BCUT2D eigenvalue weighted by Crippen LogP contribution is -2.46. The highest BCUT2D eigenvalue weighted by Crippen LogP contribution is 2.40. The SMILES string of the molecule is CN1CCC(S(=O)(=O)NC[C@@H]2CCC(c3ccc(Cl)cc3Cl)N(c3ccc(Cl)cc3)C2)CC1. The van der Waals surface area contributed by atoms with Gasteiger partial charge in [-0.15, -0.1) is 0 Å². The third kappa shape index (κ3) is 6.16. The number of nitrogens with one attached hydrogen (secondary N) is 1. The molecule has 33 heavy (non-hydrogen) atoms. The van der Waals surface area contributed by atoms with Crippen LogP contribution in [0.25, 0.3) is 0 Å². The molecule has 2 fully saturated rings. The Hall–Kier alpha value is -1.02. The van der Waals surface area contributed by atoms with Crippen LogP contribution in [-0.2, 0) is 10.0 Å². The van der Waals surface area contributed by atoms with Crippen molar-refractivity contribution >= 4 is 50.5 Å². The Morgan fingerprint density at radius 2 is 1.61 bits per heavy atom. The van der Waals surface area contributed by atoms with Gasteiger partial charge in [0.2, 0.25) is 10.0 Å². The monoisotopic (exact) mass is 529 g/mol. The largest absolute Gasteiger partial charge is 0.364 e. The third-order valence-electron chi connectivity index (χ3n) is 6.84. The van der Waals surface area contributed by atoms with Crippen LogP contribution in [0.4, 0.5) is 5.69 Å². The van der Waals surface area contributed by atoms with Gasteiger partial charge in [0.1, 0.15) is 0 Å². The minimum atomic E-state index is -3.32. The minimum absolute atomic E-state index is 0.0812. The summed E-state index contributed by atoms with van der Waals surface area (Å²) in [6.07, 6.45) is 3.14. The predicted octanol–water partition coefficient (Wildman–Crippen LogP) is 5.62. The second-order valence-corrected chi connectivity index (χ2v) is 12.5. The molecule has 4 rings (SSSR count). The molecule has 1 N–H and O–H groups in total. The Morgan fingerprint density at radius 1 is 0.939 bits per heavy atom. The average Bonchev–Trinajstić information content (AvgIpc) is 2.79. The summed E-state index contributed by atoms with van der Waals surface area (Å²) in [5, 5.41) is 1.64. The standard InChI is InChI=1S/C24H30Cl3N3O2S/c1-29-12-10-21(11-13-29)33(31,32)28-15-17-2-9-24(22-8-5-19(26)14-23(22)27)30(16-17)20-6-3-18(25)4-7-20/h3-8,14,17,21,24,28H,2,9-13,15-16H2,1H3/t17-,24?/m0/s1. The van der Waals surface area contributed by atoms with Crippen molar-refractivity contribution in [2.45, 2.75) is 37.0 Å². The number of anilines is 1. The van der Waals surface area contributed by atoms with Gasteiger partial charge in [0.05, 0.1) is 11.3 Å². The quantitative estimate of drug-likeness (QED) is 0.527. The van der Waals surface area contributed by atoms with Crippen LogP contribution in [0.1, 0.15) is 37.3 Å². The van der Waals surface area contributed by atoms with Crippen molar-refractivity contribution in [3.63, 3.8) is 0 Å². The number of benzene rings is 2. The lowest BCUT2D eigenvalue weighted by atomic mass is 9.88. The fourth-order valence-corrected chi connectivity index (χ4v) is 7.07. The molecule has 180 valence electrons. The zero-order valence-corrected chi connectivity index (χ0v) is 21.8. The molecule has 1 unspecified atom stereocenters. The molecule has 0 bridgehead atoms. The van der Waals surface area contributed by atoms with E-state index < -0.39 is 10.0 Å². The second kappa shape index (κ2) is 10.7. The molecule has 2 aromatic carbocycles. The summed E-state index contributed by atoms with van der Waals surface area (Å²) >= 11 is 18.8. The second-order valence-electron chi connectivity index (χ2n) is 9.15. The summed E-state index contributed by atoms with van der Waals surface area (Å²) < 4.78 is 28.7. The molecule has 0 radical (unpaired) electrons. The van der Waals surface area contributed by atoms with E-state index in [9.17, 15) is 8.42 Å². The molecule has 5 nitrogen and oxygen atoms in total.